The number of hydrogen-bond acceptors (Lipinski definition) is 5. The molecule has 6 nitrogen and oxygen atoms in total. The number of nitrogens with zero attached hydrogens (tertiary/aromatic N) is 2. The number of halogens is 3. The van der Waals surface area contributed by atoms with Gasteiger partial charge in [-0.25, -0.2) is 4.79 Å². The number of H-pyrrole nitrogens is 1. The van der Waals surface area contributed by atoms with Crippen molar-refractivity contribution in [3.05, 3.63) is 35.0 Å². The SMILES string of the molecule is O=C(OCc1conc1C(F)(F)F)c1cc(C2CC2)[nH]n1. The number of nitrogens with one attached hydrogen (secondary N) is 1. The molecule has 0 spiro atoms. The van der Waals surface area contributed by atoms with Gasteiger partial charge in [0.15, 0.2) is 11.4 Å². The predicted octanol–water partition coefficient (Wildman–Crippen LogP) is 2.65. The number of ether oxygens (including phenoxy) is 1. The van der Waals surface area contributed by atoms with Gasteiger partial charge in [-0.15, -0.1) is 0 Å². The average Bonchev–Trinajstić information content (AvgIpc) is 2.97. The Morgan fingerprint density at radius 2 is 2.24 bits per heavy atom. The molecule has 1 aliphatic carbocycles. The molecular formula is C12H10F3N3O3. The first-order valence-corrected chi connectivity index (χ1v) is 6.18. The van der Waals surface area contributed by atoms with Crippen molar-refractivity contribution >= 4 is 5.97 Å². The van der Waals surface area contributed by atoms with Gasteiger partial charge in [0.05, 0.1) is 5.56 Å². The van der Waals surface area contributed by atoms with E-state index in [1.54, 1.807) is 6.07 Å². The van der Waals surface area contributed by atoms with Crippen molar-refractivity contribution in [2.24, 2.45) is 0 Å². The topological polar surface area (TPSA) is 81.0 Å². The smallest absolute Gasteiger partial charge is 0.437 e. The van der Waals surface area contributed by atoms with Crippen molar-refractivity contribution < 1.29 is 27.2 Å². The molecule has 0 saturated heterocycles. The number of carbonyl (C=O) groups excluding carboxylic acids is 1. The summed E-state index contributed by atoms with van der Waals surface area (Å²) in [5.41, 5.74) is -0.658. The van der Waals surface area contributed by atoms with E-state index in [2.05, 4.69) is 19.9 Å². The Hall–Kier alpha value is -2.32. The minimum Gasteiger partial charge on any atom is -0.456 e. The largest absolute Gasteiger partial charge is 0.456 e. The fourth-order valence-electron chi connectivity index (χ4n) is 1.86. The van der Waals surface area contributed by atoms with Gasteiger partial charge >= 0.3 is 12.1 Å². The molecule has 0 radical (unpaired) electrons. The highest BCUT2D eigenvalue weighted by Gasteiger charge is 2.37. The lowest BCUT2D eigenvalue weighted by Crippen LogP contribution is -2.11. The number of esters is 1. The van der Waals surface area contributed by atoms with Crippen molar-refractivity contribution in [2.45, 2.75) is 31.5 Å². The van der Waals surface area contributed by atoms with Crippen LogP contribution in [0.4, 0.5) is 13.2 Å². The summed E-state index contributed by atoms with van der Waals surface area (Å²) in [6, 6.07) is 1.55. The monoisotopic (exact) mass is 301 g/mol. The third-order valence-corrected chi connectivity index (χ3v) is 3.09. The molecule has 9 heteroatoms. The lowest BCUT2D eigenvalue weighted by molar-refractivity contribution is -0.143. The van der Waals surface area contributed by atoms with Crippen molar-refractivity contribution in [3.63, 3.8) is 0 Å². The Morgan fingerprint density at radius 1 is 1.48 bits per heavy atom. The van der Waals surface area contributed by atoms with Crippen molar-refractivity contribution in [1.29, 1.82) is 0 Å². The molecule has 2 aromatic rings. The summed E-state index contributed by atoms with van der Waals surface area (Å²) in [4.78, 5) is 11.7. The lowest BCUT2D eigenvalue weighted by Gasteiger charge is -2.05. The Kier molecular flexibility index (Phi) is 3.19. The molecule has 21 heavy (non-hydrogen) atoms. The van der Waals surface area contributed by atoms with Gasteiger partial charge in [-0.05, 0) is 18.9 Å². The fraction of sp³-hybridized carbons (Fsp3) is 0.417. The minimum atomic E-state index is -4.65. The van der Waals surface area contributed by atoms with Crippen molar-refractivity contribution in [1.82, 2.24) is 15.4 Å². The van der Waals surface area contributed by atoms with E-state index >= 15 is 0 Å². The van der Waals surface area contributed by atoms with Crippen LogP contribution in [-0.2, 0) is 17.5 Å². The second kappa shape index (κ2) is 4.90. The summed E-state index contributed by atoms with van der Waals surface area (Å²) >= 11 is 0. The first-order valence-electron chi connectivity index (χ1n) is 6.18. The molecule has 1 fully saturated rings. The minimum absolute atomic E-state index is 0.0434. The van der Waals surface area contributed by atoms with E-state index in [1.807, 2.05) is 0 Å². The molecule has 0 unspecified atom stereocenters. The molecule has 0 aliphatic heterocycles. The molecule has 1 saturated carbocycles. The highest BCUT2D eigenvalue weighted by Crippen LogP contribution is 2.39. The van der Waals surface area contributed by atoms with E-state index in [0.29, 0.717) is 5.92 Å². The number of hydrogen-bond donors (Lipinski definition) is 1. The Morgan fingerprint density at radius 3 is 2.90 bits per heavy atom. The third kappa shape index (κ3) is 2.91. The van der Waals surface area contributed by atoms with Crippen LogP contribution in [0, 0.1) is 0 Å². The molecule has 3 rings (SSSR count). The van der Waals surface area contributed by atoms with E-state index < -0.39 is 24.4 Å². The summed E-state index contributed by atoms with van der Waals surface area (Å²) in [5.74, 6) is -0.415. The van der Waals surface area contributed by atoms with Gasteiger partial charge in [-0.3, -0.25) is 5.10 Å². The molecular weight excluding hydrogens is 291 g/mol. The summed E-state index contributed by atoms with van der Waals surface area (Å²) in [6.07, 6.45) is -1.78. The molecule has 0 atom stereocenters. The maximum Gasteiger partial charge on any atom is 0.437 e. The second-order valence-corrected chi connectivity index (χ2v) is 4.75. The number of carbonyl (C=O) groups is 1. The van der Waals surface area contributed by atoms with Gasteiger partial charge in [-0.1, -0.05) is 5.16 Å². The summed E-state index contributed by atoms with van der Waals surface area (Å²) in [6.45, 7) is -0.581. The van der Waals surface area contributed by atoms with Gasteiger partial charge in [-0.2, -0.15) is 18.3 Å². The van der Waals surface area contributed by atoms with Crippen LogP contribution in [0.25, 0.3) is 0 Å². The zero-order valence-corrected chi connectivity index (χ0v) is 10.6. The normalized spacial score (nSPS) is 15.2. The maximum absolute atomic E-state index is 12.5. The summed E-state index contributed by atoms with van der Waals surface area (Å²) in [7, 11) is 0. The Bertz CT molecular complexity index is 658. The Balaban J connectivity index is 1.64. The quantitative estimate of drug-likeness (QED) is 0.878. The standard InChI is InChI=1S/C12H10F3N3O3/c13-12(14,15)10-7(5-21-18-10)4-20-11(19)9-3-8(16-17-9)6-1-2-6/h3,5-6H,1-2,4H2,(H,16,17). The molecule has 0 aromatic carbocycles. The first-order chi connectivity index (χ1) is 9.95. The van der Waals surface area contributed by atoms with E-state index in [9.17, 15) is 18.0 Å². The zero-order chi connectivity index (χ0) is 15.0. The van der Waals surface area contributed by atoms with Gasteiger partial charge in [0.2, 0.25) is 0 Å². The van der Waals surface area contributed by atoms with Gasteiger partial charge in [0.1, 0.15) is 12.9 Å². The van der Waals surface area contributed by atoms with Crippen LogP contribution in [0.1, 0.15) is 46.2 Å². The molecule has 1 aliphatic rings. The predicted molar refractivity (Wildman–Crippen MR) is 61.2 cm³/mol. The second-order valence-electron chi connectivity index (χ2n) is 4.75. The summed E-state index contributed by atoms with van der Waals surface area (Å²) in [5, 5.41) is 9.36. The number of aromatic nitrogens is 3. The molecule has 2 aromatic heterocycles. The maximum atomic E-state index is 12.5. The van der Waals surface area contributed by atoms with Crippen LogP contribution >= 0.6 is 0 Å². The molecule has 2 heterocycles. The van der Waals surface area contributed by atoms with E-state index in [1.165, 1.54) is 0 Å². The number of alkyl halides is 3. The van der Waals surface area contributed by atoms with Crippen molar-refractivity contribution in [2.75, 3.05) is 0 Å². The number of rotatable bonds is 4. The zero-order valence-electron chi connectivity index (χ0n) is 10.6. The van der Waals surface area contributed by atoms with Gasteiger partial charge < -0.3 is 9.26 Å². The molecule has 0 amide bonds. The summed E-state index contributed by atoms with van der Waals surface area (Å²) < 4.78 is 46.7. The lowest BCUT2D eigenvalue weighted by atomic mass is 10.2. The third-order valence-electron chi connectivity index (χ3n) is 3.09. The number of aromatic amines is 1. The highest BCUT2D eigenvalue weighted by molar-refractivity contribution is 5.87. The van der Waals surface area contributed by atoms with Crippen LogP contribution in [0.2, 0.25) is 0 Å². The highest BCUT2D eigenvalue weighted by atomic mass is 19.4. The molecule has 1 N–H and O–H groups in total. The van der Waals surface area contributed by atoms with Crippen LogP contribution in [0.3, 0.4) is 0 Å². The van der Waals surface area contributed by atoms with E-state index in [4.69, 9.17) is 4.74 Å². The average molecular weight is 301 g/mol. The van der Waals surface area contributed by atoms with E-state index in [-0.39, 0.29) is 11.3 Å². The van der Waals surface area contributed by atoms with Crippen molar-refractivity contribution in [3.8, 4) is 0 Å². The molecule has 112 valence electrons. The fourth-order valence-corrected chi connectivity index (χ4v) is 1.86. The van der Waals surface area contributed by atoms with Gasteiger partial charge in [0, 0.05) is 11.6 Å². The van der Waals surface area contributed by atoms with Crippen LogP contribution in [0.15, 0.2) is 16.9 Å². The molecule has 0 bridgehead atoms. The Labute approximate surface area is 116 Å². The van der Waals surface area contributed by atoms with E-state index in [0.717, 1.165) is 24.8 Å². The van der Waals surface area contributed by atoms with Crippen LogP contribution in [0.5, 0.6) is 0 Å². The van der Waals surface area contributed by atoms with Crippen LogP contribution < -0.4 is 0 Å². The first kappa shape index (κ1) is 13.7. The van der Waals surface area contributed by atoms with Crippen LogP contribution in [-0.4, -0.2) is 21.3 Å². The van der Waals surface area contributed by atoms with Gasteiger partial charge in [0.25, 0.3) is 0 Å².